The molecule has 12 fully saturated rings. The summed E-state index contributed by atoms with van der Waals surface area (Å²) in [6.07, 6.45) is 42.2. The second-order valence-electron chi connectivity index (χ2n) is 34.1. The minimum Gasteiger partial charge on any atom is -0.393 e. The molecule has 0 heterocycles. The number of nitrogens with two attached hydrogens (primary N) is 3. The lowest BCUT2D eigenvalue weighted by Gasteiger charge is -2.57. The number of hydrogen-bond donors (Lipinski definition) is 8. The Labute approximate surface area is 516 Å². The molecule has 0 saturated heterocycles. The van der Waals surface area contributed by atoms with Gasteiger partial charge in [0.2, 0.25) is 0 Å². The van der Waals surface area contributed by atoms with Gasteiger partial charge in [0.25, 0.3) is 0 Å². The summed E-state index contributed by atoms with van der Waals surface area (Å²) in [5.41, 5.74) is 26.0. The van der Waals surface area contributed by atoms with Crippen LogP contribution in [0.25, 0.3) is 0 Å². The molecule has 84 heavy (non-hydrogen) atoms. The fourth-order valence-electron chi connectivity index (χ4n) is 24.2. The van der Waals surface area contributed by atoms with E-state index in [0.717, 1.165) is 113 Å². The van der Waals surface area contributed by atoms with Crippen LogP contribution in [-0.4, -0.2) is 79.8 Å². The van der Waals surface area contributed by atoms with Crippen LogP contribution in [0.15, 0.2) is 36.5 Å². The van der Waals surface area contributed by atoms with Crippen LogP contribution in [0.4, 0.5) is 0 Å². The van der Waals surface area contributed by atoms with E-state index in [1.807, 2.05) is 0 Å². The van der Waals surface area contributed by atoms with E-state index in [0.29, 0.717) is 86.0 Å². The van der Waals surface area contributed by atoms with E-state index in [4.69, 9.17) is 17.2 Å². The van der Waals surface area contributed by atoms with Gasteiger partial charge in [0.15, 0.2) is 0 Å². The Morgan fingerprint density at radius 1 is 0.381 bits per heavy atom. The van der Waals surface area contributed by atoms with Crippen LogP contribution in [0.3, 0.4) is 0 Å². The predicted octanol–water partition coefficient (Wildman–Crippen LogP) is 15.2. The van der Waals surface area contributed by atoms with Crippen molar-refractivity contribution in [3.8, 4) is 0 Å². The van der Waals surface area contributed by atoms with Crippen molar-refractivity contribution in [2.24, 2.45) is 127 Å². The van der Waals surface area contributed by atoms with Crippen LogP contribution in [0.2, 0.25) is 0 Å². The van der Waals surface area contributed by atoms with Gasteiger partial charge in [0.05, 0.1) is 12.2 Å². The fraction of sp³-hybridized carbons (Fsp3) is 0.921. The van der Waals surface area contributed by atoms with Crippen LogP contribution >= 0.6 is 0 Å². The average molecular weight is 1160 g/mol. The molecular weight excluding hydrogens is 1030 g/mol. The minimum absolute atomic E-state index is 0.111. The lowest BCUT2D eigenvalue weighted by atomic mass is 9.49. The molecule has 0 amide bonds. The number of nitrogens with one attached hydrogen (secondary N) is 3. The van der Waals surface area contributed by atoms with E-state index in [9.17, 15) is 10.2 Å². The van der Waals surface area contributed by atoms with Gasteiger partial charge in [-0.05, 0) is 316 Å². The van der Waals surface area contributed by atoms with Gasteiger partial charge in [-0.15, -0.1) is 0 Å². The third kappa shape index (κ3) is 12.9. The summed E-state index contributed by atoms with van der Waals surface area (Å²) >= 11 is 0. The number of fused-ring (bicyclic) bond motifs is 3. The molecule has 8 heteroatoms. The molecule has 12 saturated carbocycles. The molecule has 21 atom stereocenters. The van der Waals surface area contributed by atoms with Crippen LogP contribution in [0.5, 0.6) is 0 Å². The fourth-order valence-corrected chi connectivity index (χ4v) is 24.2. The molecule has 0 radical (unpaired) electrons. The van der Waals surface area contributed by atoms with E-state index in [2.05, 4.69) is 84.2 Å². The van der Waals surface area contributed by atoms with Gasteiger partial charge in [-0.2, -0.15) is 0 Å². The Balaban J connectivity index is 0.000000140. The highest BCUT2D eigenvalue weighted by Gasteiger charge is 2.60. The van der Waals surface area contributed by atoms with E-state index in [1.165, 1.54) is 197 Å². The van der Waals surface area contributed by atoms with Crippen LogP contribution in [-0.2, 0) is 0 Å². The zero-order chi connectivity index (χ0) is 59.8. The lowest BCUT2D eigenvalue weighted by Crippen LogP contribution is -2.54. The molecular formula is C76H134N6O2. The summed E-state index contributed by atoms with van der Waals surface area (Å²) in [6.45, 7) is 37.0. The Morgan fingerprint density at radius 2 is 0.667 bits per heavy atom. The van der Waals surface area contributed by atoms with Gasteiger partial charge < -0.3 is 43.4 Å². The Hall–Kier alpha value is -1.10. The van der Waals surface area contributed by atoms with Crippen molar-refractivity contribution in [3.05, 3.63) is 36.5 Å². The van der Waals surface area contributed by atoms with Gasteiger partial charge in [-0.1, -0.05) is 130 Å². The molecule has 0 aromatic rings. The second kappa shape index (κ2) is 27.4. The average Bonchev–Trinajstić information content (AvgIpc) is 1.58. The van der Waals surface area contributed by atoms with Crippen LogP contribution in [0.1, 0.15) is 260 Å². The molecule has 6 unspecified atom stereocenters. The predicted molar refractivity (Wildman–Crippen MR) is 354 cm³/mol. The molecule has 11 N–H and O–H groups in total. The summed E-state index contributed by atoms with van der Waals surface area (Å²) in [6, 6.07) is 2.21. The lowest BCUT2D eigenvalue weighted by molar-refractivity contribution is -0.0785. The van der Waals surface area contributed by atoms with Crippen molar-refractivity contribution in [1.82, 2.24) is 16.0 Å². The van der Waals surface area contributed by atoms with Crippen molar-refractivity contribution in [3.63, 3.8) is 0 Å². The van der Waals surface area contributed by atoms with Crippen molar-refractivity contribution < 1.29 is 10.2 Å². The van der Waals surface area contributed by atoms with E-state index in [-0.39, 0.29) is 12.2 Å². The molecule has 0 spiro atoms. The highest BCUT2D eigenvalue weighted by atomic mass is 16.3. The maximum atomic E-state index is 10.5. The van der Waals surface area contributed by atoms with E-state index < -0.39 is 0 Å². The summed E-state index contributed by atoms with van der Waals surface area (Å²) in [5, 5.41) is 32.8. The summed E-state index contributed by atoms with van der Waals surface area (Å²) < 4.78 is 0. The quantitative estimate of drug-likeness (QED) is 0.0754. The molecule has 0 bridgehead atoms. The standard InChI is InChI=1S/C26H46N2.2C25H44N2O/c1-18-11-13-26(4,20(15-18)17-28-21-7-5-6-8-21)24-12-14-25(3)19(2)9-10-23(25)22(24)16-27;2*1-17-8-9-22-21(15-26)23(11-13-24(17,22)2)25(3)12-10-20(28)14-18(25)16-27-19-6-4-5-7-19/h18,20-24,28H,2,5-17,27H2,1,3-4H3;2*18-23,27-28H,1,4-16,26H2,2-3H3/t18-,20+,22-,23?,24?,25+,26-;2*18-,20+,21+,22?,23?,24-,25+/m011/s1. The van der Waals surface area contributed by atoms with Gasteiger partial charge in [-0.25, -0.2) is 0 Å². The van der Waals surface area contributed by atoms with Gasteiger partial charge in [0, 0.05) is 18.1 Å². The first-order chi connectivity index (χ1) is 40.1. The molecule has 0 aromatic heterocycles. The highest BCUT2D eigenvalue weighted by Crippen LogP contribution is 2.67. The number of aliphatic hydroxyl groups is 2. The summed E-state index contributed by atoms with van der Waals surface area (Å²) in [5.74, 6) is 9.22. The number of rotatable bonds is 15. The second-order valence-corrected chi connectivity index (χ2v) is 34.1. The Bertz CT molecular complexity index is 1950. The third-order valence-corrected chi connectivity index (χ3v) is 30.4. The highest BCUT2D eigenvalue weighted by molar-refractivity contribution is 5.24. The normalized spacial score (nSPS) is 47.4. The molecule has 12 aliphatic rings. The number of hydrogen-bond acceptors (Lipinski definition) is 8. The maximum absolute atomic E-state index is 10.5. The molecule has 8 nitrogen and oxygen atoms in total. The molecule has 12 aliphatic carbocycles. The maximum Gasteiger partial charge on any atom is 0.0543 e. The van der Waals surface area contributed by atoms with Gasteiger partial charge >= 0.3 is 0 Å². The van der Waals surface area contributed by atoms with Crippen LogP contribution in [0, 0.1) is 109 Å². The smallest absolute Gasteiger partial charge is 0.0543 e. The molecule has 0 aliphatic heterocycles. The molecule has 0 aromatic carbocycles. The first-order valence-electron chi connectivity index (χ1n) is 36.9. The first-order valence-corrected chi connectivity index (χ1v) is 36.9. The first kappa shape index (κ1) is 65.8. The van der Waals surface area contributed by atoms with E-state index >= 15 is 0 Å². The van der Waals surface area contributed by atoms with Crippen molar-refractivity contribution in [2.45, 2.75) is 291 Å². The Kier molecular flexibility index (Phi) is 21.5. The Morgan fingerprint density at radius 3 is 0.964 bits per heavy atom. The van der Waals surface area contributed by atoms with Crippen molar-refractivity contribution >= 4 is 0 Å². The minimum atomic E-state index is -0.111. The zero-order valence-electron chi connectivity index (χ0n) is 55.7. The monoisotopic (exact) mass is 1160 g/mol. The SMILES string of the molecule is C=C1CCC2[C@H](CN)C([C@@]3(C)CC[C@H](C)C[C@@H]3CNC3CCCC3)CC[C@]12C.C=C1CCC2[C@H](CN)C([C@@]3(C)CC[C@H](O)C[C@@H]3CNC3CCCC3)CC[C@]12C.C=C1CCC2[C@H](CN)C([C@@]3(C)CC[C@H](O)C[C@@H]3CNC3CCCC3)CC[C@]12C. The topological polar surface area (TPSA) is 155 Å². The summed E-state index contributed by atoms with van der Waals surface area (Å²) in [7, 11) is 0. The number of aliphatic hydroxyl groups excluding tert-OH is 2. The molecule has 480 valence electrons. The third-order valence-electron chi connectivity index (χ3n) is 30.4. The molecule has 12 rings (SSSR count). The largest absolute Gasteiger partial charge is 0.393 e. The van der Waals surface area contributed by atoms with Crippen molar-refractivity contribution in [1.29, 1.82) is 0 Å². The van der Waals surface area contributed by atoms with Gasteiger partial charge in [-0.3, -0.25) is 0 Å². The van der Waals surface area contributed by atoms with E-state index in [1.54, 1.807) is 0 Å². The van der Waals surface area contributed by atoms with Gasteiger partial charge in [0.1, 0.15) is 0 Å². The van der Waals surface area contributed by atoms with Crippen molar-refractivity contribution in [2.75, 3.05) is 39.3 Å². The summed E-state index contributed by atoms with van der Waals surface area (Å²) in [4.78, 5) is 0. The van der Waals surface area contributed by atoms with Crippen LogP contribution < -0.4 is 33.2 Å². The number of allylic oxidation sites excluding steroid dienone is 3. The zero-order valence-corrected chi connectivity index (χ0v) is 55.7.